The van der Waals surface area contributed by atoms with Crippen LogP contribution in [0.3, 0.4) is 0 Å². The van der Waals surface area contributed by atoms with Gasteiger partial charge >= 0.3 is 0 Å². The lowest BCUT2D eigenvalue weighted by atomic mass is 9.92. The highest BCUT2D eigenvalue weighted by Crippen LogP contribution is 2.18. The van der Waals surface area contributed by atoms with Crippen LogP contribution in [0.2, 0.25) is 0 Å². The highest BCUT2D eigenvalue weighted by molar-refractivity contribution is 5.22. The second-order valence-corrected chi connectivity index (χ2v) is 5.09. The van der Waals surface area contributed by atoms with Crippen LogP contribution in [-0.2, 0) is 17.9 Å². The van der Waals surface area contributed by atoms with Gasteiger partial charge in [-0.25, -0.2) is 0 Å². The van der Waals surface area contributed by atoms with Gasteiger partial charge in [-0.05, 0) is 24.0 Å². The lowest BCUT2D eigenvalue weighted by Crippen LogP contribution is -2.41. The first kappa shape index (κ1) is 13.5. The summed E-state index contributed by atoms with van der Waals surface area (Å²) < 4.78 is 5.09. The van der Waals surface area contributed by atoms with E-state index in [4.69, 9.17) is 4.74 Å². The van der Waals surface area contributed by atoms with Crippen molar-refractivity contribution < 1.29 is 9.84 Å². The average Bonchev–Trinajstić information content (AvgIpc) is 2.40. The van der Waals surface area contributed by atoms with E-state index in [1.54, 1.807) is 7.11 Å². The van der Waals surface area contributed by atoms with Gasteiger partial charge in [0.2, 0.25) is 0 Å². The molecule has 1 aliphatic carbocycles. The average molecular weight is 249 g/mol. The van der Waals surface area contributed by atoms with E-state index in [-0.39, 0.29) is 12.1 Å². The Labute approximate surface area is 109 Å². The van der Waals surface area contributed by atoms with Gasteiger partial charge in [-0.1, -0.05) is 37.1 Å². The van der Waals surface area contributed by atoms with Gasteiger partial charge in [-0.3, -0.25) is 0 Å². The number of aliphatic hydroxyl groups is 1. The van der Waals surface area contributed by atoms with Gasteiger partial charge in [-0.15, -0.1) is 0 Å². The monoisotopic (exact) mass is 249 g/mol. The van der Waals surface area contributed by atoms with Gasteiger partial charge < -0.3 is 15.2 Å². The topological polar surface area (TPSA) is 41.5 Å². The van der Waals surface area contributed by atoms with Crippen LogP contribution < -0.4 is 5.32 Å². The Kier molecular flexibility index (Phi) is 5.17. The zero-order valence-corrected chi connectivity index (χ0v) is 11.1. The molecule has 100 valence electrons. The Morgan fingerprint density at radius 3 is 2.50 bits per heavy atom. The van der Waals surface area contributed by atoms with Gasteiger partial charge in [0.15, 0.2) is 0 Å². The SMILES string of the molecule is COCc1ccc(CNC2CCCCC2O)cc1. The Bertz CT molecular complexity index is 350. The summed E-state index contributed by atoms with van der Waals surface area (Å²) in [7, 11) is 1.71. The van der Waals surface area contributed by atoms with E-state index < -0.39 is 0 Å². The number of aliphatic hydroxyl groups excluding tert-OH is 1. The zero-order valence-electron chi connectivity index (χ0n) is 11.1. The van der Waals surface area contributed by atoms with Crippen molar-refractivity contribution in [1.82, 2.24) is 5.32 Å². The fourth-order valence-corrected chi connectivity index (χ4v) is 2.52. The molecular weight excluding hydrogens is 226 g/mol. The minimum Gasteiger partial charge on any atom is -0.392 e. The summed E-state index contributed by atoms with van der Waals surface area (Å²) >= 11 is 0. The molecule has 0 aromatic heterocycles. The first-order valence-corrected chi connectivity index (χ1v) is 6.78. The lowest BCUT2D eigenvalue weighted by molar-refractivity contribution is 0.0902. The molecule has 2 N–H and O–H groups in total. The maximum atomic E-state index is 9.88. The molecular formula is C15H23NO2. The third-order valence-electron chi connectivity index (χ3n) is 3.63. The van der Waals surface area contributed by atoms with Crippen molar-refractivity contribution in [3.8, 4) is 0 Å². The van der Waals surface area contributed by atoms with Crippen LogP contribution in [0.1, 0.15) is 36.8 Å². The molecule has 2 atom stereocenters. The molecule has 0 heterocycles. The number of benzene rings is 1. The van der Waals surface area contributed by atoms with E-state index in [0.29, 0.717) is 6.61 Å². The molecule has 1 saturated carbocycles. The lowest BCUT2D eigenvalue weighted by Gasteiger charge is -2.28. The van der Waals surface area contributed by atoms with Gasteiger partial charge in [-0.2, -0.15) is 0 Å². The van der Waals surface area contributed by atoms with E-state index in [1.165, 1.54) is 17.5 Å². The van der Waals surface area contributed by atoms with Crippen molar-refractivity contribution >= 4 is 0 Å². The smallest absolute Gasteiger partial charge is 0.0713 e. The predicted octanol–water partition coefficient (Wildman–Crippen LogP) is 2.23. The molecule has 1 aromatic carbocycles. The number of hydrogen-bond acceptors (Lipinski definition) is 3. The maximum absolute atomic E-state index is 9.88. The Morgan fingerprint density at radius 1 is 1.17 bits per heavy atom. The van der Waals surface area contributed by atoms with Crippen LogP contribution in [0.25, 0.3) is 0 Å². The largest absolute Gasteiger partial charge is 0.392 e. The number of methoxy groups -OCH3 is 1. The third-order valence-corrected chi connectivity index (χ3v) is 3.63. The molecule has 1 fully saturated rings. The zero-order chi connectivity index (χ0) is 12.8. The fraction of sp³-hybridized carbons (Fsp3) is 0.600. The van der Waals surface area contributed by atoms with Crippen molar-refractivity contribution in [2.75, 3.05) is 7.11 Å². The number of nitrogens with one attached hydrogen (secondary N) is 1. The molecule has 3 heteroatoms. The third kappa shape index (κ3) is 3.80. The van der Waals surface area contributed by atoms with E-state index in [1.807, 2.05) is 0 Å². The summed E-state index contributed by atoms with van der Waals surface area (Å²) in [6.07, 6.45) is 4.23. The van der Waals surface area contributed by atoms with Crippen LogP contribution >= 0.6 is 0 Å². The maximum Gasteiger partial charge on any atom is 0.0713 e. The van der Waals surface area contributed by atoms with E-state index >= 15 is 0 Å². The second kappa shape index (κ2) is 6.88. The summed E-state index contributed by atoms with van der Waals surface area (Å²) in [6.45, 7) is 1.49. The molecule has 0 saturated heterocycles. The first-order chi connectivity index (χ1) is 8.79. The van der Waals surface area contributed by atoms with Crippen LogP contribution in [-0.4, -0.2) is 24.4 Å². The highest BCUT2D eigenvalue weighted by atomic mass is 16.5. The molecule has 0 aliphatic heterocycles. The van der Waals surface area contributed by atoms with Crippen molar-refractivity contribution in [3.63, 3.8) is 0 Å². The van der Waals surface area contributed by atoms with E-state index in [9.17, 15) is 5.11 Å². The summed E-state index contributed by atoms with van der Waals surface area (Å²) in [5.41, 5.74) is 2.45. The van der Waals surface area contributed by atoms with Gasteiger partial charge in [0.25, 0.3) is 0 Å². The second-order valence-electron chi connectivity index (χ2n) is 5.09. The molecule has 18 heavy (non-hydrogen) atoms. The fourth-order valence-electron chi connectivity index (χ4n) is 2.52. The Hall–Kier alpha value is -0.900. The molecule has 1 aliphatic rings. The molecule has 3 nitrogen and oxygen atoms in total. The summed E-state index contributed by atoms with van der Waals surface area (Å²) in [5, 5.41) is 13.3. The van der Waals surface area contributed by atoms with Crippen molar-refractivity contribution in [1.29, 1.82) is 0 Å². The van der Waals surface area contributed by atoms with Gasteiger partial charge in [0.1, 0.15) is 0 Å². The van der Waals surface area contributed by atoms with Crippen LogP contribution in [0.4, 0.5) is 0 Å². The highest BCUT2D eigenvalue weighted by Gasteiger charge is 2.21. The van der Waals surface area contributed by atoms with Crippen molar-refractivity contribution in [3.05, 3.63) is 35.4 Å². The minimum atomic E-state index is -0.175. The molecule has 0 amide bonds. The molecule has 2 unspecified atom stereocenters. The quantitative estimate of drug-likeness (QED) is 0.841. The number of hydrogen-bond donors (Lipinski definition) is 2. The summed E-state index contributed by atoms with van der Waals surface area (Å²) in [5.74, 6) is 0. The van der Waals surface area contributed by atoms with Crippen LogP contribution in [0.15, 0.2) is 24.3 Å². The molecule has 0 bridgehead atoms. The summed E-state index contributed by atoms with van der Waals surface area (Å²) in [4.78, 5) is 0. The molecule has 1 aromatic rings. The van der Waals surface area contributed by atoms with Gasteiger partial charge in [0, 0.05) is 19.7 Å². The molecule has 0 radical (unpaired) electrons. The molecule has 0 spiro atoms. The standard InChI is InChI=1S/C15H23NO2/c1-18-11-13-8-6-12(7-9-13)10-16-14-4-2-3-5-15(14)17/h6-9,14-17H,2-5,10-11H2,1H3. The number of rotatable bonds is 5. The normalized spacial score (nSPS) is 24.1. The molecule has 2 rings (SSSR count). The van der Waals surface area contributed by atoms with Crippen molar-refractivity contribution in [2.45, 2.75) is 51.0 Å². The van der Waals surface area contributed by atoms with Crippen molar-refractivity contribution in [2.24, 2.45) is 0 Å². The first-order valence-electron chi connectivity index (χ1n) is 6.78. The predicted molar refractivity (Wildman–Crippen MR) is 72.3 cm³/mol. The van der Waals surface area contributed by atoms with Crippen LogP contribution in [0, 0.1) is 0 Å². The number of ether oxygens (including phenoxy) is 1. The minimum absolute atomic E-state index is 0.175. The van der Waals surface area contributed by atoms with E-state index in [0.717, 1.165) is 25.8 Å². The van der Waals surface area contributed by atoms with Gasteiger partial charge in [0.05, 0.1) is 12.7 Å². The Balaban J connectivity index is 1.82. The summed E-state index contributed by atoms with van der Waals surface area (Å²) in [6, 6.07) is 8.69. The van der Waals surface area contributed by atoms with Crippen LogP contribution in [0.5, 0.6) is 0 Å². The Morgan fingerprint density at radius 2 is 1.83 bits per heavy atom. The van der Waals surface area contributed by atoms with E-state index in [2.05, 4.69) is 29.6 Å².